The monoisotopic (exact) mass is 628 g/mol. The Morgan fingerprint density at radius 2 is 1.62 bits per heavy atom. The zero-order valence-electron chi connectivity index (χ0n) is 26.5. The summed E-state index contributed by atoms with van der Waals surface area (Å²) in [5.41, 5.74) is 2.89. The number of amides is 3. The molecular formula is C37H45ClN4O3. The lowest BCUT2D eigenvalue weighted by atomic mass is 9.94. The molecule has 3 aromatic carbocycles. The molecule has 6 rings (SSSR count). The summed E-state index contributed by atoms with van der Waals surface area (Å²) in [7, 11) is 0. The number of hydrogen-bond acceptors (Lipinski definition) is 4. The molecule has 3 aromatic rings. The maximum atomic E-state index is 13.9. The Balaban J connectivity index is 1.03. The van der Waals surface area contributed by atoms with Gasteiger partial charge in [0.05, 0.1) is 6.42 Å². The average molecular weight is 629 g/mol. The first-order chi connectivity index (χ1) is 21.7. The summed E-state index contributed by atoms with van der Waals surface area (Å²) in [6.45, 7) is 6.39. The van der Waals surface area contributed by atoms with Crippen LogP contribution in [0.15, 0.2) is 60.7 Å². The molecule has 3 aliphatic rings. The van der Waals surface area contributed by atoms with Crippen LogP contribution in [0.2, 0.25) is 5.02 Å². The third-order valence-electron chi connectivity index (χ3n) is 10.2. The molecule has 3 amide bonds. The van der Waals surface area contributed by atoms with Crippen LogP contribution in [0, 0.1) is 12.8 Å². The Hall–Kier alpha value is -3.42. The van der Waals surface area contributed by atoms with Gasteiger partial charge in [0, 0.05) is 67.9 Å². The first-order valence-corrected chi connectivity index (χ1v) is 17.0. The Kier molecular flexibility index (Phi) is 9.76. The fourth-order valence-electron chi connectivity index (χ4n) is 7.76. The minimum absolute atomic E-state index is 0.0750. The number of benzene rings is 3. The molecule has 3 aliphatic heterocycles. The van der Waals surface area contributed by atoms with Gasteiger partial charge in [0.1, 0.15) is 0 Å². The number of likely N-dealkylation sites (tertiary alicyclic amines) is 1. The highest BCUT2D eigenvalue weighted by Gasteiger charge is 2.41. The second-order valence-electron chi connectivity index (χ2n) is 13.3. The van der Waals surface area contributed by atoms with E-state index in [1.807, 2.05) is 47.1 Å². The van der Waals surface area contributed by atoms with E-state index in [-0.39, 0.29) is 29.7 Å². The van der Waals surface area contributed by atoms with Crippen LogP contribution >= 0.6 is 11.6 Å². The van der Waals surface area contributed by atoms with E-state index in [0.717, 1.165) is 55.5 Å². The van der Waals surface area contributed by atoms with Gasteiger partial charge in [-0.15, -0.1) is 0 Å². The highest BCUT2D eigenvalue weighted by molar-refractivity contribution is 6.31. The minimum Gasteiger partial charge on any atom is -0.353 e. The van der Waals surface area contributed by atoms with E-state index >= 15 is 0 Å². The number of rotatable bonds is 9. The number of halogens is 1. The van der Waals surface area contributed by atoms with Crippen LogP contribution in [0.3, 0.4) is 0 Å². The van der Waals surface area contributed by atoms with Gasteiger partial charge in [-0.1, -0.05) is 60.1 Å². The van der Waals surface area contributed by atoms with Crippen molar-refractivity contribution in [2.75, 3.05) is 31.1 Å². The summed E-state index contributed by atoms with van der Waals surface area (Å²) in [5, 5.41) is 6.37. The summed E-state index contributed by atoms with van der Waals surface area (Å²) < 4.78 is 0. The maximum Gasteiger partial charge on any atom is 0.230 e. The van der Waals surface area contributed by atoms with Crippen LogP contribution in [-0.4, -0.2) is 71.8 Å². The minimum atomic E-state index is -0.0918. The number of carbonyl (C=O) groups excluding carboxylic acids is 3. The van der Waals surface area contributed by atoms with E-state index in [9.17, 15) is 14.4 Å². The predicted molar refractivity (Wildman–Crippen MR) is 180 cm³/mol. The second kappa shape index (κ2) is 13.9. The molecule has 2 unspecified atom stereocenters. The largest absolute Gasteiger partial charge is 0.353 e. The SMILES string of the molecule is CC(=O)N1CCC(C(=O)N(CCCN2C3CCC2CC(NC(=O)Cc2ccc4ccccc4c2)C3)c2ccc(C)c(Cl)c2)CC1. The van der Waals surface area contributed by atoms with E-state index < -0.39 is 0 Å². The molecule has 8 heteroatoms. The van der Waals surface area contributed by atoms with Crippen LogP contribution < -0.4 is 10.2 Å². The first-order valence-electron chi connectivity index (χ1n) is 16.6. The molecule has 2 atom stereocenters. The summed E-state index contributed by atoms with van der Waals surface area (Å²) in [4.78, 5) is 45.1. The summed E-state index contributed by atoms with van der Waals surface area (Å²) >= 11 is 6.50. The van der Waals surface area contributed by atoms with Crippen molar-refractivity contribution in [3.05, 3.63) is 76.8 Å². The van der Waals surface area contributed by atoms with Gasteiger partial charge in [-0.3, -0.25) is 19.3 Å². The number of carbonyl (C=O) groups is 3. The van der Waals surface area contributed by atoms with Crippen molar-refractivity contribution < 1.29 is 14.4 Å². The second-order valence-corrected chi connectivity index (χ2v) is 13.7. The molecule has 0 spiro atoms. The number of aryl methyl sites for hydroxylation is 1. The fraction of sp³-hybridized carbons (Fsp3) is 0.486. The molecule has 0 radical (unpaired) electrons. The fourth-order valence-corrected chi connectivity index (χ4v) is 7.93. The van der Waals surface area contributed by atoms with E-state index in [2.05, 4.69) is 40.5 Å². The Morgan fingerprint density at radius 3 is 2.31 bits per heavy atom. The van der Waals surface area contributed by atoms with Crippen molar-refractivity contribution >= 4 is 45.8 Å². The number of hydrogen-bond donors (Lipinski definition) is 1. The van der Waals surface area contributed by atoms with Gasteiger partial charge in [-0.05, 0) is 85.9 Å². The lowest BCUT2D eigenvalue weighted by molar-refractivity contribution is -0.133. The van der Waals surface area contributed by atoms with Gasteiger partial charge in [0.15, 0.2) is 0 Å². The predicted octanol–water partition coefficient (Wildman–Crippen LogP) is 6.14. The number of nitrogens with one attached hydrogen (secondary N) is 1. The summed E-state index contributed by atoms with van der Waals surface area (Å²) in [6.07, 6.45) is 6.93. The quantitative estimate of drug-likeness (QED) is 0.309. The number of anilines is 1. The van der Waals surface area contributed by atoms with Crippen LogP contribution in [0.5, 0.6) is 0 Å². The smallest absolute Gasteiger partial charge is 0.230 e. The maximum absolute atomic E-state index is 13.9. The average Bonchev–Trinajstić information content (AvgIpc) is 3.27. The molecule has 0 saturated carbocycles. The van der Waals surface area contributed by atoms with E-state index in [4.69, 9.17) is 11.6 Å². The molecule has 45 heavy (non-hydrogen) atoms. The molecule has 3 fully saturated rings. The van der Waals surface area contributed by atoms with Gasteiger partial charge >= 0.3 is 0 Å². The molecule has 1 N–H and O–H groups in total. The third-order valence-corrected chi connectivity index (χ3v) is 10.7. The summed E-state index contributed by atoms with van der Waals surface area (Å²) in [6, 6.07) is 21.5. The van der Waals surface area contributed by atoms with Gasteiger partial charge in [-0.25, -0.2) is 0 Å². The normalized spacial score (nSPS) is 22.0. The van der Waals surface area contributed by atoms with Crippen molar-refractivity contribution in [1.82, 2.24) is 15.1 Å². The Labute approximate surface area is 271 Å². The molecule has 3 heterocycles. The van der Waals surface area contributed by atoms with Crippen molar-refractivity contribution in [3.8, 4) is 0 Å². The highest BCUT2D eigenvalue weighted by atomic mass is 35.5. The van der Waals surface area contributed by atoms with Crippen molar-refractivity contribution in [2.24, 2.45) is 5.92 Å². The molecule has 7 nitrogen and oxygen atoms in total. The Bertz CT molecular complexity index is 1540. The third kappa shape index (κ3) is 7.36. The molecule has 0 aliphatic carbocycles. The molecule has 0 aromatic heterocycles. The van der Waals surface area contributed by atoms with Gasteiger partial charge in [0.2, 0.25) is 17.7 Å². The molecule has 238 valence electrons. The molecular weight excluding hydrogens is 584 g/mol. The topological polar surface area (TPSA) is 73.0 Å². The lowest BCUT2D eigenvalue weighted by Crippen LogP contribution is -2.51. The number of piperidine rings is 2. The van der Waals surface area contributed by atoms with Crippen LogP contribution in [0.25, 0.3) is 10.8 Å². The zero-order chi connectivity index (χ0) is 31.5. The van der Waals surface area contributed by atoms with Crippen LogP contribution in [0.1, 0.15) is 63.0 Å². The van der Waals surface area contributed by atoms with Gasteiger partial charge in [0.25, 0.3) is 0 Å². The highest BCUT2D eigenvalue weighted by Crippen LogP contribution is 2.36. The number of fused-ring (bicyclic) bond motifs is 3. The lowest BCUT2D eigenvalue weighted by Gasteiger charge is -2.40. The summed E-state index contributed by atoms with van der Waals surface area (Å²) in [5.74, 6) is 0.217. The van der Waals surface area contributed by atoms with E-state index in [1.54, 1.807) is 6.92 Å². The van der Waals surface area contributed by atoms with Gasteiger partial charge < -0.3 is 15.1 Å². The first kappa shape index (κ1) is 31.6. The van der Waals surface area contributed by atoms with Crippen LogP contribution in [0.4, 0.5) is 5.69 Å². The van der Waals surface area contributed by atoms with Crippen molar-refractivity contribution in [1.29, 1.82) is 0 Å². The van der Waals surface area contributed by atoms with E-state index in [1.165, 1.54) is 10.8 Å². The molecule has 3 saturated heterocycles. The number of nitrogens with zero attached hydrogens (tertiary/aromatic N) is 3. The van der Waals surface area contributed by atoms with Crippen LogP contribution in [-0.2, 0) is 20.8 Å². The van der Waals surface area contributed by atoms with Gasteiger partial charge in [-0.2, -0.15) is 0 Å². The zero-order valence-corrected chi connectivity index (χ0v) is 27.3. The van der Waals surface area contributed by atoms with Crippen molar-refractivity contribution in [3.63, 3.8) is 0 Å². The molecule has 2 bridgehead atoms. The standard InChI is InChI=1S/C37H45ClN4O3/c1-25-8-11-34(24-35(25)38)42(37(45)29-14-18-40(19-15-29)26(2)43)17-5-16-41-32-12-13-33(41)23-31(22-32)39-36(44)21-27-9-10-28-6-3-4-7-30(28)20-27/h3-4,6-11,20,24,29,31-33H,5,12-19,21-23H2,1-2H3,(H,39,44). The Morgan fingerprint density at radius 1 is 0.911 bits per heavy atom. The van der Waals surface area contributed by atoms with E-state index in [0.29, 0.717) is 56.0 Å². The van der Waals surface area contributed by atoms with Crippen molar-refractivity contribution in [2.45, 2.75) is 83.3 Å².